The smallest absolute Gasteiger partial charge is 0.236 e. The maximum Gasteiger partial charge on any atom is 0.236 e. The van der Waals surface area contributed by atoms with Crippen molar-refractivity contribution in [2.75, 3.05) is 57.7 Å². The third-order valence-electron chi connectivity index (χ3n) is 5.90. The molecule has 2 unspecified atom stereocenters. The lowest BCUT2D eigenvalue weighted by atomic mass is 9.92. The van der Waals surface area contributed by atoms with Gasteiger partial charge in [-0.25, -0.2) is 0 Å². The van der Waals surface area contributed by atoms with E-state index < -0.39 is 0 Å². The second-order valence-electron chi connectivity index (χ2n) is 8.78. The van der Waals surface area contributed by atoms with E-state index in [9.17, 15) is 9.59 Å². The van der Waals surface area contributed by atoms with E-state index in [4.69, 9.17) is 23.2 Å². The summed E-state index contributed by atoms with van der Waals surface area (Å²) in [5, 5.41) is 3.84. The molecule has 8 heteroatoms. The highest BCUT2D eigenvalue weighted by molar-refractivity contribution is 6.35. The van der Waals surface area contributed by atoms with Gasteiger partial charge in [-0.05, 0) is 36.5 Å². The lowest BCUT2D eigenvalue weighted by Crippen LogP contribution is -2.52. The molecule has 1 aromatic rings. The van der Waals surface area contributed by atoms with Gasteiger partial charge in [0.15, 0.2) is 0 Å². The van der Waals surface area contributed by atoms with Crippen molar-refractivity contribution in [2.45, 2.75) is 26.7 Å². The van der Waals surface area contributed by atoms with E-state index in [0.29, 0.717) is 47.1 Å². The van der Waals surface area contributed by atoms with Crippen LogP contribution in [0.5, 0.6) is 0 Å². The van der Waals surface area contributed by atoms with E-state index in [2.05, 4.69) is 29.0 Å². The van der Waals surface area contributed by atoms with Crippen molar-refractivity contribution in [2.24, 2.45) is 11.8 Å². The number of halogens is 2. The van der Waals surface area contributed by atoms with Gasteiger partial charge in [0.2, 0.25) is 11.8 Å². The minimum absolute atomic E-state index is 0.0786. The Morgan fingerprint density at radius 1 is 1.03 bits per heavy atom. The Balaban J connectivity index is 1.36. The van der Waals surface area contributed by atoms with Crippen molar-refractivity contribution < 1.29 is 9.59 Å². The normalized spacial score (nSPS) is 23.4. The van der Waals surface area contributed by atoms with Crippen molar-refractivity contribution in [1.82, 2.24) is 14.7 Å². The number of anilines is 1. The second-order valence-corrected chi connectivity index (χ2v) is 9.63. The van der Waals surface area contributed by atoms with Gasteiger partial charge < -0.3 is 15.1 Å². The first-order valence-electron chi connectivity index (χ1n) is 10.8. The molecule has 2 amide bonds. The van der Waals surface area contributed by atoms with Crippen molar-refractivity contribution in [3.8, 4) is 0 Å². The molecule has 2 saturated heterocycles. The highest BCUT2D eigenvalue weighted by Gasteiger charge is 2.27. The fourth-order valence-electron chi connectivity index (χ4n) is 4.39. The van der Waals surface area contributed by atoms with E-state index >= 15 is 0 Å². The summed E-state index contributed by atoms with van der Waals surface area (Å²) < 4.78 is 0. The zero-order valence-corrected chi connectivity index (χ0v) is 19.4. The van der Waals surface area contributed by atoms with Crippen LogP contribution < -0.4 is 5.32 Å². The van der Waals surface area contributed by atoms with Crippen LogP contribution in [-0.4, -0.2) is 78.9 Å². The summed E-state index contributed by atoms with van der Waals surface area (Å²) in [6, 6.07) is 5.02. The number of nitrogens with zero attached hydrogens (tertiary/aromatic N) is 3. The van der Waals surface area contributed by atoms with Crippen LogP contribution in [0.25, 0.3) is 0 Å². The predicted octanol–water partition coefficient (Wildman–Crippen LogP) is 3.44. The first-order valence-corrected chi connectivity index (χ1v) is 11.5. The number of rotatable bonds is 6. The fourth-order valence-corrected chi connectivity index (χ4v) is 4.73. The first-order chi connectivity index (χ1) is 14.3. The molecular weight excluding hydrogens is 423 g/mol. The maximum absolute atomic E-state index is 12.7. The zero-order valence-electron chi connectivity index (χ0n) is 17.9. The van der Waals surface area contributed by atoms with Gasteiger partial charge in [0.1, 0.15) is 0 Å². The molecule has 2 aliphatic heterocycles. The molecular formula is C22H32Cl2N4O2. The van der Waals surface area contributed by atoms with Crippen molar-refractivity contribution >= 4 is 40.7 Å². The molecule has 0 aliphatic carbocycles. The first kappa shape index (κ1) is 23.3. The Bertz CT molecular complexity index is 743. The van der Waals surface area contributed by atoms with Gasteiger partial charge >= 0.3 is 0 Å². The van der Waals surface area contributed by atoms with E-state index in [0.717, 1.165) is 39.3 Å². The van der Waals surface area contributed by atoms with Gasteiger partial charge in [0.05, 0.1) is 17.3 Å². The van der Waals surface area contributed by atoms with E-state index in [-0.39, 0.29) is 11.8 Å². The summed E-state index contributed by atoms with van der Waals surface area (Å²) in [7, 11) is 0. The van der Waals surface area contributed by atoms with Crippen LogP contribution in [0.1, 0.15) is 26.7 Å². The standard InChI is InChI=1S/C22H32Cl2N4O2/c1-16-11-17(2)14-28(13-16)22(30)15-27-9-7-26(8-10-27)6-5-21(29)25-20-12-18(23)3-4-19(20)24/h3-4,12,16-17H,5-11,13-15H2,1-2H3,(H,25,29). The van der Waals surface area contributed by atoms with Crippen LogP contribution in [0.2, 0.25) is 10.0 Å². The summed E-state index contributed by atoms with van der Waals surface area (Å²) in [4.78, 5) is 31.5. The van der Waals surface area contributed by atoms with E-state index in [1.54, 1.807) is 18.2 Å². The molecule has 30 heavy (non-hydrogen) atoms. The quantitative estimate of drug-likeness (QED) is 0.714. The summed E-state index contributed by atoms with van der Waals surface area (Å²) in [6.07, 6.45) is 1.60. The number of hydrogen-bond acceptors (Lipinski definition) is 4. The number of benzene rings is 1. The van der Waals surface area contributed by atoms with Crippen LogP contribution in [-0.2, 0) is 9.59 Å². The zero-order chi connectivity index (χ0) is 21.7. The van der Waals surface area contributed by atoms with Crippen LogP contribution in [0.4, 0.5) is 5.69 Å². The highest BCUT2D eigenvalue weighted by atomic mass is 35.5. The monoisotopic (exact) mass is 454 g/mol. The molecule has 2 fully saturated rings. The lowest BCUT2D eigenvalue weighted by molar-refractivity contribution is -0.135. The summed E-state index contributed by atoms with van der Waals surface area (Å²) in [5.41, 5.74) is 0.541. The molecule has 6 nitrogen and oxygen atoms in total. The molecule has 2 atom stereocenters. The molecule has 0 aromatic heterocycles. The molecule has 0 bridgehead atoms. The average Bonchev–Trinajstić information content (AvgIpc) is 2.69. The minimum Gasteiger partial charge on any atom is -0.341 e. The Morgan fingerprint density at radius 3 is 2.33 bits per heavy atom. The summed E-state index contributed by atoms with van der Waals surface area (Å²) in [6.45, 7) is 10.9. The van der Waals surface area contributed by atoms with Crippen molar-refractivity contribution in [3.05, 3.63) is 28.2 Å². The Labute approximate surface area is 189 Å². The number of likely N-dealkylation sites (tertiary alicyclic amines) is 1. The third kappa shape index (κ3) is 6.84. The molecule has 1 aromatic carbocycles. The average molecular weight is 455 g/mol. The predicted molar refractivity (Wildman–Crippen MR) is 122 cm³/mol. The Hall–Kier alpha value is -1.34. The molecule has 0 saturated carbocycles. The van der Waals surface area contributed by atoms with Crippen molar-refractivity contribution in [1.29, 1.82) is 0 Å². The van der Waals surface area contributed by atoms with Gasteiger partial charge in [-0.2, -0.15) is 0 Å². The second kappa shape index (κ2) is 10.8. The van der Waals surface area contributed by atoms with Crippen LogP contribution >= 0.6 is 23.2 Å². The number of hydrogen-bond donors (Lipinski definition) is 1. The fraction of sp³-hybridized carbons (Fsp3) is 0.636. The number of nitrogens with one attached hydrogen (secondary N) is 1. The van der Waals surface area contributed by atoms with Gasteiger partial charge in [0.25, 0.3) is 0 Å². The van der Waals surface area contributed by atoms with Crippen LogP contribution in [0.15, 0.2) is 18.2 Å². The lowest BCUT2D eigenvalue weighted by Gasteiger charge is -2.38. The van der Waals surface area contributed by atoms with E-state index in [1.165, 1.54) is 6.42 Å². The third-order valence-corrected chi connectivity index (χ3v) is 6.47. The number of carbonyl (C=O) groups excluding carboxylic acids is 2. The number of piperazine rings is 1. The topological polar surface area (TPSA) is 55.9 Å². The van der Waals surface area contributed by atoms with Crippen LogP contribution in [0.3, 0.4) is 0 Å². The Kier molecular flexibility index (Phi) is 8.40. The number of piperidine rings is 1. The number of amides is 2. The molecule has 166 valence electrons. The van der Waals surface area contributed by atoms with Crippen LogP contribution in [0, 0.1) is 11.8 Å². The molecule has 0 radical (unpaired) electrons. The maximum atomic E-state index is 12.7. The van der Waals surface area contributed by atoms with Gasteiger partial charge in [-0.3, -0.25) is 14.5 Å². The van der Waals surface area contributed by atoms with Crippen molar-refractivity contribution in [3.63, 3.8) is 0 Å². The SMILES string of the molecule is CC1CC(C)CN(C(=O)CN2CCN(CCC(=O)Nc3cc(Cl)ccc3Cl)CC2)C1. The molecule has 2 aliphatic rings. The van der Waals surface area contributed by atoms with E-state index in [1.807, 2.05) is 4.90 Å². The summed E-state index contributed by atoms with van der Waals surface area (Å²) >= 11 is 12.1. The number of carbonyl (C=O) groups is 2. The molecule has 1 N–H and O–H groups in total. The molecule has 2 heterocycles. The minimum atomic E-state index is -0.0786. The summed E-state index contributed by atoms with van der Waals surface area (Å²) in [5.74, 6) is 1.34. The Morgan fingerprint density at radius 2 is 1.67 bits per heavy atom. The molecule has 0 spiro atoms. The van der Waals surface area contributed by atoms with Gasteiger partial charge in [0, 0.05) is 57.3 Å². The van der Waals surface area contributed by atoms with Gasteiger partial charge in [-0.15, -0.1) is 0 Å². The highest BCUT2D eigenvalue weighted by Crippen LogP contribution is 2.25. The largest absolute Gasteiger partial charge is 0.341 e. The molecule has 3 rings (SSSR count). The van der Waals surface area contributed by atoms with Gasteiger partial charge in [-0.1, -0.05) is 37.0 Å².